The number of aryl methyl sites for hydroxylation is 1. The zero-order chi connectivity index (χ0) is 11.7. The smallest absolute Gasteiger partial charge is 0.240 e. The molecule has 94 valence electrons. The van der Waals surface area contributed by atoms with Crippen LogP contribution >= 0.6 is 0 Å². The highest BCUT2D eigenvalue weighted by molar-refractivity contribution is 4.89. The minimum Gasteiger partial charge on any atom is -0.338 e. The standard InChI is InChI=1S/C12H20N4O/c1-9-13-12(17-15-9)8-16-6-2-3-11(7-16)14-10-4-5-10/h10-11,14H,2-8H2,1H3. The minimum atomic E-state index is 0.653. The molecule has 1 atom stereocenters. The van der Waals surface area contributed by atoms with E-state index < -0.39 is 0 Å². The molecule has 1 unspecified atom stereocenters. The monoisotopic (exact) mass is 236 g/mol. The molecule has 3 rings (SSSR count). The van der Waals surface area contributed by atoms with Crippen LogP contribution < -0.4 is 5.32 Å². The Kier molecular flexibility index (Phi) is 3.11. The number of piperidine rings is 1. The van der Waals surface area contributed by atoms with Gasteiger partial charge < -0.3 is 9.84 Å². The molecule has 1 aliphatic carbocycles. The van der Waals surface area contributed by atoms with Crippen LogP contribution in [0.1, 0.15) is 37.4 Å². The maximum Gasteiger partial charge on any atom is 0.240 e. The Morgan fingerprint density at radius 2 is 2.24 bits per heavy atom. The van der Waals surface area contributed by atoms with E-state index in [1.807, 2.05) is 6.92 Å². The highest BCUT2D eigenvalue weighted by atomic mass is 16.5. The van der Waals surface area contributed by atoms with Crippen LogP contribution in [0, 0.1) is 6.92 Å². The van der Waals surface area contributed by atoms with Crippen molar-refractivity contribution in [3.63, 3.8) is 0 Å². The average Bonchev–Trinajstić information content (AvgIpc) is 3.02. The Morgan fingerprint density at radius 3 is 2.94 bits per heavy atom. The van der Waals surface area contributed by atoms with Crippen molar-refractivity contribution in [3.05, 3.63) is 11.7 Å². The zero-order valence-electron chi connectivity index (χ0n) is 10.4. The first kappa shape index (κ1) is 11.2. The number of hydrogen-bond donors (Lipinski definition) is 1. The molecule has 1 saturated heterocycles. The van der Waals surface area contributed by atoms with E-state index in [-0.39, 0.29) is 0 Å². The Bertz CT molecular complexity index is 374. The summed E-state index contributed by atoms with van der Waals surface area (Å²) in [6.07, 6.45) is 5.28. The predicted molar refractivity (Wildman–Crippen MR) is 63.5 cm³/mol. The van der Waals surface area contributed by atoms with E-state index in [1.54, 1.807) is 0 Å². The number of nitrogens with one attached hydrogen (secondary N) is 1. The molecular formula is C12H20N4O. The first-order valence-electron chi connectivity index (χ1n) is 6.57. The molecule has 2 aliphatic rings. The molecule has 0 radical (unpaired) electrons. The van der Waals surface area contributed by atoms with Crippen molar-refractivity contribution in [1.82, 2.24) is 20.4 Å². The van der Waals surface area contributed by atoms with Crippen LogP contribution in [-0.4, -0.2) is 40.2 Å². The summed E-state index contributed by atoms with van der Waals surface area (Å²) in [6.45, 7) is 4.91. The third-order valence-corrected chi connectivity index (χ3v) is 3.48. The molecule has 1 saturated carbocycles. The maximum absolute atomic E-state index is 5.17. The SMILES string of the molecule is Cc1noc(CN2CCCC(NC3CC3)C2)n1. The summed E-state index contributed by atoms with van der Waals surface area (Å²) in [5, 5.41) is 7.54. The quantitative estimate of drug-likeness (QED) is 0.848. The van der Waals surface area contributed by atoms with Gasteiger partial charge in [-0.05, 0) is 39.2 Å². The van der Waals surface area contributed by atoms with Gasteiger partial charge in [0, 0.05) is 18.6 Å². The van der Waals surface area contributed by atoms with Crippen LogP contribution in [0.3, 0.4) is 0 Å². The molecule has 1 N–H and O–H groups in total. The summed E-state index contributed by atoms with van der Waals surface area (Å²) in [6, 6.07) is 1.45. The van der Waals surface area contributed by atoms with Crippen molar-refractivity contribution in [2.24, 2.45) is 0 Å². The van der Waals surface area contributed by atoms with Gasteiger partial charge in [0.1, 0.15) is 0 Å². The Morgan fingerprint density at radius 1 is 1.35 bits per heavy atom. The molecule has 5 nitrogen and oxygen atoms in total. The molecule has 0 bridgehead atoms. The molecule has 2 heterocycles. The zero-order valence-corrected chi connectivity index (χ0v) is 10.4. The first-order valence-corrected chi connectivity index (χ1v) is 6.57. The predicted octanol–water partition coefficient (Wildman–Crippen LogP) is 1.09. The lowest BCUT2D eigenvalue weighted by molar-refractivity contribution is 0.163. The van der Waals surface area contributed by atoms with Gasteiger partial charge in [-0.25, -0.2) is 0 Å². The molecule has 0 amide bonds. The normalized spacial score (nSPS) is 26.3. The van der Waals surface area contributed by atoms with Gasteiger partial charge in [-0.15, -0.1) is 0 Å². The molecule has 1 aliphatic heterocycles. The van der Waals surface area contributed by atoms with Crippen molar-refractivity contribution in [3.8, 4) is 0 Å². The molecule has 17 heavy (non-hydrogen) atoms. The van der Waals surface area contributed by atoms with Gasteiger partial charge >= 0.3 is 0 Å². The molecule has 2 fully saturated rings. The highest BCUT2D eigenvalue weighted by Gasteiger charge is 2.28. The Balaban J connectivity index is 1.52. The van der Waals surface area contributed by atoms with E-state index in [4.69, 9.17) is 4.52 Å². The van der Waals surface area contributed by atoms with E-state index in [0.29, 0.717) is 6.04 Å². The lowest BCUT2D eigenvalue weighted by Gasteiger charge is -2.32. The van der Waals surface area contributed by atoms with Crippen molar-refractivity contribution < 1.29 is 4.52 Å². The van der Waals surface area contributed by atoms with Crippen molar-refractivity contribution in [2.45, 2.75) is 51.2 Å². The molecule has 0 aromatic carbocycles. The fourth-order valence-corrected chi connectivity index (χ4v) is 2.51. The van der Waals surface area contributed by atoms with Gasteiger partial charge in [-0.1, -0.05) is 5.16 Å². The number of rotatable bonds is 4. The Hall–Kier alpha value is -0.940. The summed E-state index contributed by atoms with van der Waals surface area (Å²) in [7, 11) is 0. The van der Waals surface area contributed by atoms with Gasteiger partial charge in [0.25, 0.3) is 0 Å². The van der Waals surface area contributed by atoms with Gasteiger partial charge in [0.15, 0.2) is 5.82 Å². The molecule has 0 spiro atoms. The second kappa shape index (κ2) is 4.74. The van der Waals surface area contributed by atoms with Crippen LogP contribution in [0.15, 0.2) is 4.52 Å². The van der Waals surface area contributed by atoms with Crippen molar-refractivity contribution in [2.75, 3.05) is 13.1 Å². The van der Waals surface area contributed by atoms with Crippen molar-refractivity contribution in [1.29, 1.82) is 0 Å². The fourth-order valence-electron chi connectivity index (χ4n) is 2.51. The van der Waals surface area contributed by atoms with Crippen LogP contribution in [0.5, 0.6) is 0 Å². The lowest BCUT2D eigenvalue weighted by atomic mass is 10.1. The summed E-state index contributed by atoms with van der Waals surface area (Å²) in [5.41, 5.74) is 0. The molecular weight excluding hydrogens is 216 g/mol. The van der Waals surface area contributed by atoms with Crippen LogP contribution in [-0.2, 0) is 6.54 Å². The summed E-state index contributed by atoms with van der Waals surface area (Å²) >= 11 is 0. The van der Waals surface area contributed by atoms with Gasteiger partial charge in [-0.2, -0.15) is 4.98 Å². The van der Waals surface area contributed by atoms with Gasteiger partial charge in [-0.3, -0.25) is 4.90 Å². The largest absolute Gasteiger partial charge is 0.338 e. The van der Waals surface area contributed by atoms with Crippen molar-refractivity contribution >= 4 is 0 Å². The Labute approximate surface area is 102 Å². The van der Waals surface area contributed by atoms with Crippen LogP contribution in [0.2, 0.25) is 0 Å². The fraction of sp³-hybridized carbons (Fsp3) is 0.833. The first-order chi connectivity index (χ1) is 8.29. The van der Waals surface area contributed by atoms with Crippen LogP contribution in [0.4, 0.5) is 0 Å². The van der Waals surface area contributed by atoms with E-state index in [9.17, 15) is 0 Å². The maximum atomic E-state index is 5.17. The minimum absolute atomic E-state index is 0.653. The van der Waals surface area contributed by atoms with E-state index in [2.05, 4.69) is 20.4 Å². The van der Waals surface area contributed by atoms with E-state index in [1.165, 1.54) is 25.7 Å². The van der Waals surface area contributed by atoms with Crippen LogP contribution in [0.25, 0.3) is 0 Å². The molecule has 1 aromatic rings. The van der Waals surface area contributed by atoms with Gasteiger partial charge in [0.2, 0.25) is 5.89 Å². The average molecular weight is 236 g/mol. The second-order valence-electron chi connectivity index (χ2n) is 5.25. The van der Waals surface area contributed by atoms with Gasteiger partial charge in [0.05, 0.1) is 6.54 Å². The summed E-state index contributed by atoms with van der Waals surface area (Å²) in [5.74, 6) is 1.47. The lowest BCUT2D eigenvalue weighted by Crippen LogP contribution is -2.46. The summed E-state index contributed by atoms with van der Waals surface area (Å²) in [4.78, 5) is 6.68. The second-order valence-corrected chi connectivity index (χ2v) is 5.25. The van der Waals surface area contributed by atoms with E-state index >= 15 is 0 Å². The van der Waals surface area contributed by atoms with E-state index in [0.717, 1.165) is 37.4 Å². The summed E-state index contributed by atoms with van der Waals surface area (Å²) < 4.78 is 5.17. The molecule has 5 heteroatoms. The number of aromatic nitrogens is 2. The third kappa shape index (κ3) is 3.04. The third-order valence-electron chi connectivity index (χ3n) is 3.48. The number of nitrogens with zero attached hydrogens (tertiary/aromatic N) is 3. The highest BCUT2D eigenvalue weighted by Crippen LogP contribution is 2.22. The molecule has 1 aromatic heterocycles. The number of hydrogen-bond acceptors (Lipinski definition) is 5. The number of likely N-dealkylation sites (tertiary alicyclic amines) is 1. The topological polar surface area (TPSA) is 54.2 Å².